The molecule has 0 unspecified atom stereocenters. The standard InChI is InChI=1S/C36H44F2N8O3/c1-4-25-27(38)8-7-22-15-24(47)16-29(31(22)25)43-14-9-26-28(19-43)40-35(49-21-36-10-5-12-45(36)18-23(37)17-36)41-34(26)44-11-6-13-46-30(20-44)32(48-3)33(39-2)42-46/h7-8,15-16,23,47H,4-6,9-14,17-21H2,1-3H3,(H,39,42)/t23-,36+/m1/s1. The number of aromatic nitrogens is 4. The number of ether oxygens (including phenoxy) is 2. The fourth-order valence-corrected chi connectivity index (χ4v) is 8.69. The van der Waals surface area contributed by atoms with E-state index in [4.69, 9.17) is 24.5 Å². The molecule has 2 saturated heterocycles. The van der Waals surface area contributed by atoms with Crippen molar-refractivity contribution in [2.75, 3.05) is 62.1 Å². The quantitative estimate of drug-likeness (QED) is 0.259. The molecule has 0 amide bonds. The first-order chi connectivity index (χ1) is 23.8. The number of benzene rings is 2. The smallest absolute Gasteiger partial charge is 0.318 e. The molecule has 0 spiro atoms. The van der Waals surface area contributed by atoms with Crippen LogP contribution < -0.4 is 24.6 Å². The minimum Gasteiger partial charge on any atom is -0.508 e. The molecular formula is C36H44F2N8O3. The second kappa shape index (κ2) is 12.5. The Labute approximate surface area is 284 Å². The van der Waals surface area contributed by atoms with Gasteiger partial charge < -0.3 is 29.7 Å². The summed E-state index contributed by atoms with van der Waals surface area (Å²) < 4.78 is 44.0. The molecule has 11 nitrogen and oxygen atoms in total. The van der Waals surface area contributed by atoms with E-state index >= 15 is 4.39 Å². The molecule has 2 aromatic heterocycles. The van der Waals surface area contributed by atoms with Crippen molar-refractivity contribution in [1.29, 1.82) is 0 Å². The third kappa shape index (κ3) is 5.46. The maximum absolute atomic E-state index is 15.1. The number of hydrogen-bond acceptors (Lipinski definition) is 10. The average Bonchev–Trinajstić information content (AvgIpc) is 3.69. The third-order valence-corrected chi connectivity index (χ3v) is 11.0. The lowest BCUT2D eigenvalue weighted by molar-refractivity contribution is 0.107. The SMILES string of the molecule is CCc1c(F)ccc2cc(O)cc(N3CCc4c(nc(OC[C@@]56CCCN5C[C@H](F)C6)nc4N4CCCn5nc(NC)c(OC)c5C4)C3)c12. The van der Waals surface area contributed by atoms with Gasteiger partial charge in [-0.3, -0.25) is 9.58 Å². The van der Waals surface area contributed by atoms with Crippen molar-refractivity contribution in [3.8, 4) is 17.5 Å². The molecule has 8 rings (SSSR count). The largest absolute Gasteiger partial charge is 0.508 e. The fraction of sp³-hybridized carbons (Fsp3) is 0.528. The number of rotatable bonds is 8. The highest BCUT2D eigenvalue weighted by atomic mass is 19.1. The van der Waals surface area contributed by atoms with Crippen molar-refractivity contribution in [1.82, 2.24) is 24.6 Å². The predicted octanol–water partition coefficient (Wildman–Crippen LogP) is 5.21. The molecule has 2 atom stereocenters. The summed E-state index contributed by atoms with van der Waals surface area (Å²) in [6, 6.07) is 6.90. The van der Waals surface area contributed by atoms with Gasteiger partial charge in [0.25, 0.3) is 0 Å². The van der Waals surface area contributed by atoms with Crippen molar-refractivity contribution >= 4 is 28.1 Å². The molecule has 0 bridgehead atoms. The Kier molecular flexibility index (Phi) is 8.12. The second-order valence-corrected chi connectivity index (χ2v) is 13.8. The Morgan fingerprint density at radius 3 is 2.78 bits per heavy atom. The maximum atomic E-state index is 15.1. The van der Waals surface area contributed by atoms with Crippen LogP contribution in [-0.2, 0) is 32.5 Å². The molecule has 4 aliphatic rings. The van der Waals surface area contributed by atoms with E-state index in [0.717, 1.165) is 83.9 Å². The molecule has 13 heteroatoms. The number of halogens is 2. The van der Waals surface area contributed by atoms with Gasteiger partial charge in [-0.05, 0) is 61.7 Å². The van der Waals surface area contributed by atoms with Crippen LogP contribution in [0.4, 0.5) is 26.1 Å². The predicted molar refractivity (Wildman–Crippen MR) is 184 cm³/mol. The van der Waals surface area contributed by atoms with Gasteiger partial charge in [-0.1, -0.05) is 13.0 Å². The van der Waals surface area contributed by atoms with Crippen LogP contribution >= 0.6 is 0 Å². The first-order valence-electron chi connectivity index (χ1n) is 17.5. The van der Waals surface area contributed by atoms with Crippen molar-refractivity contribution < 1.29 is 23.4 Å². The number of hydrogen-bond donors (Lipinski definition) is 2. The zero-order valence-electron chi connectivity index (χ0n) is 28.4. The van der Waals surface area contributed by atoms with E-state index in [2.05, 4.69) is 20.0 Å². The van der Waals surface area contributed by atoms with Crippen molar-refractivity contribution in [3.63, 3.8) is 0 Å². The van der Waals surface area contributed by atoms with Crippen molar-refractivity contribution in [2.24, 2.45) is 0 Å². The number of anilines is 3. The Morgan fingerprint density at radius 1 is 1.08 bits per heavy atom. The molecule has 0 aliphatic carbocycles. The number of phenolic OH excluding ortho intramolecular Hbond substituents is 1. The third-order valence-electron chi connectivity index (χ3n) is 11.0. The first-order valence-corrected chi connectivity index (χ1v) is 17.5. The summed E-state index contributed by atoms with van der Waals surface area (Å²) in [5.74, 6) is 2.12. The molecule has 6 heterocycles. The number of nitrogens with zero attached hydrogens (tertiary/aromatic N) is 7. The van der Waals surface area contributed by atoms with E-state index in [-0.39, 0.29) is 23.1 Å². The van der Waals surface area contributed by atoms with Crippen molar-refractivity contribution in [2.45, 2.75) is 76.8 Å². The Bertz CT molecular complexity index is 1900. The molecular weight excluding hydrogens is 630 g/mol. The highest BCUT2D eigenvalue weighted by molar-refractivity contribution is 5.98. The van der Waals surface area contributed by atoms with E-state index < -0.39 is 6.17 Å². The molecule has 4 aliphatic heterocycles. The molecule has 2 N–H and O–H groups in total. The lowest BCUT2D eigenvalue weighted by Gasteiger charge is -2.35. The van der Waals surface area contributed by atoms with Crippen LogP contribution in [0.1, 0.15) is 55.1 Å². The highest BCUT2D eigenvalue weighted by Gasteiger charge is 2.49. The van der Waals surface area contributed by atoms with Gasteiger partial charge in [0.15, 0.2) is 11.6 Å². The van der Waals surface area contributed by atoms with Gasteiger partial charge in [0.1, 0.15) is 35.9 Å². The monoisotopic (exact) mass is 674 g/mol. The van der Waals surface area contributed by atoms with Crippen LogP contribution in [-0.4, -0.2) is 88.4 Å². The lowest BCUT2D eigenvalue weighted by Crippen LogP contribution is -2.43. The van der Waals surface area contributed by atoms with E-state index in [9.17, 15) is 9.50 Å². The fourth-order valence-electron chi connectivity index (χ4n) is 8.69. The second-order valence-electron chi connectivity index (χ2n) is 13.8. The molecule has 2 aromatic carbocycles. The summed E-state index contributed by atoms with van der Waals surface area (Å²) in [4.78, 5) is 16.8. The average molecular weight is 675 g/mol. The highest BCUT2D eigenvalue weighted by Crippen LogP contribution is 2.42. The van der Waals surface area contributed by atoms with E-state index in [1.807, 2.05) is 18.7 Å². The van der Waals surface area contributed by atoms with Crippen LogP contribution in [0.25, 0.3) is 10.8 Å². The van der Waals surface area contributed by atoms with Crippen molar-refractivity contribution in [3.05, 3.63) is 52.6 Å². The van der Waals surface area contributed by atoms with Crippen LogP contribution in [0.2, 0.25) is 0 Å². The van der Waals surface area contributed by atoms with Gasteiger partial charge in [0.2, 0.25) is 0 Å². The number of alkyl halides is 1. The van der Waals surface area contributed by atoms with E-state index in [1.54, 1.807) is 25.3 Å². The van der Waals surface area contributed by atoms with Crippen LogP contribution in [0.15, 0.2) is 24.3 Å². The van der Waals surface area contributed by atoms with Crippen LogP contribution in [0.5, 0.6) is 17.5 Å². The van der Waals surface area contributed by atoms with Gasteiger partial charge in [-0.25, -0.2) is 8.78 Å². The summed E-state index contributed by atoms with van der Waals surface area (Å²) in [7, 11) is 3.51. The first kappa shape index (κ1) is 31.9. The molecule has 0 radical (unpaired) electrons. The van der Waals surface area contributed by atoms with Gasteiger partial charge in [0.05, 0.1) is 31.4 Å². The molecule has 260 valence electrons. The topological polar surface area (TPSA) is 104 Å². The number of phenols is 1. The number of fused-ring (bicyclic) bond motifs is 4. The summed E-state index contributed by atoms with van der Waals surface area (Å²) >= 11 is 0. The lowest BCUT2D eigenvalue weighted by atomic mass is 9.95. The summed E-state index contributed by atoms with van der Waals surface area (Å²) in [6.45, 7) is 6.73. The number of methoxy groups -OCH3 is 1. The van der Waals surface area contributed by atoms with E-state index in [1.165, 1.54) is 6.07 Å². The summed E-state index contributed by atoms with van der Waals surface area (Å²) in [5.41, 5.74) is 3.91. The minimum atomic E-state index is -0.855. The Morgan fingerprint density at radius 2 is 1.96 bits per heavy atom. The molecule has 2 fully saturated rings. The van der Waals surface area contributed by atoms with Gasteiger partial charge >= 0.3 is 6.01 Å². The maximum Gasteiger partial charge on any atom is 0.318 e. The Hall–Kier alpha value is -4.39. The molecule has 0 saturated carbocycles. The van der Waals surface area contributed by atoms with Gasteiger partial charge in [-0.15, -0.1) is 0 Å². The zero-order valence-corrected chi connectivity index (χ0v) is 28.4. The minimum absolute atomic E-state index is 0.133. The Balaban J connectivity index is 1.19. The van der Waals surface area contributed by atoms with Crippen LogP contribution in [0.3, 0.4) is 0 Å². The number of nitrogens with one attached hydrogen (secondary N) is 1. The molecule has 49 heavy (non-hydrogen) atoms. The van der Waals surface area contributed by atoms with Crippen LogP contribution in [0, 0.1) is 5.82 Å². The summed E-state index contributed by atoms with van der Waals surface area (Å²) in [6.07, 6.45) is 3.56. The summed E-state index contributed by atoms with van der Waals surface area (Å²) in [5, 5.41) is 20.2. The van der Waals surface area contributed by atoms with E-state index in [0.29, 0.717) is 63.4 Å². The number of aromatic hydroxyl groups is 1. The normalized spacial score (nSPS) is 22.2. The molecule has 4 aromatic rings. The van der Waals surface area contributed by atoms with Gasteiger partial charge in [-0.2, -0.15) is 15.1 Å². The van der Waals surface area contributed by atoms with Gasteiger partial charge in [0, 0.05) is 62.4 Å². The number of aryl methyl sites for hydroxylation is 2. The zero-order chi connectivity index (χ0) is 33.9.